The lowest BCUT2D eigenvalue weighted by atomic mass is 9.98. The molecule has 1 aliphatic heterocycles. The van der Waals surface area contributed by atoms with Crippen LogP contribution in [-0.4, -0.2) is 40.9 Å². The third-order valence-corrected chi connectivity index (χ3v) is 6.19. The number of aliphatic hydroxyl groups is 1. The summed E-state index contributed by atoms with van der Waals surface area (Å²) in [5.41, 5.74) is 0.884. The second-order valence-electron chi connectivity index (χ2n) is 6.12. The Hall–Kier alpha value is -0.880. The Morgan fingerprint density at radius 3 is 2.71 bits per heavy atom. The molecule has 5 nitrogen and oxygen atoms in total. The van der Waals surface area contributed by atoms with E-state index in [4.69, 9.17) is 0 Å². The van der Waals surface area contributed by atoms with Crippen LogP contribution in [0.5, 0.6) is 0 Å². The van der Waals surface area contributed by atoms with Gasteiger partial charge in [-0.15, -0.1) is 0 Å². The normalized spacial score (nSPS) is 22.8. The smallest absolute Gasteiger partial charge is 0.150 e. The van der Waals surface area contributed by atoms with Gasteiger partial charge in [-0.25, -0.2) is 8.42 Å². The highest BCUT2D eigenvalue weighted by Gasteiger charge is 2.29. The van der Waals surface area contributed by atoms with E-state index in [0.717, 1.165) is 18.5 Å². The van der Waals surface area contributed by atoms with E-state index >= 15 is 0 Å². The van der Waals surface area contributed by atoms with Crippen molar-refractivity contribution in [3.8, 4) is 0 Å². The molecule has 0 bridgehead atoms. The maximum absolute atomic E-state index is 11.4. The maximum atomic E-state index is 11.4. The Kier molecular flexibility index (Phi) is 5.43. The highest BCUT2D eigenvalue weighted by Crippen LogP contribution is 2.24. The lowest BCUT2D eigenvalue weighted by Gasteiger charge is -2.14. The molecule has 2 atom stereocenters. The van der Waals surface area contributed by atoms with Crippen LogP contribution in [0.15, 0.2) is 12.3 Å². The van der Waals surface area contributed by atoms with Gasteiger partial charge in [-0.3, -0.25) is 4.68 Å². The molecule has 1 aromatic rings. The minimum atomic E-state index is -2.86. The standard InChI is InChI=1S/C15H26N2O3S/c1-3-14(4-2)17-7-5-13(16-17)10-15(18)9-12-6-8-21(19,20)11-12/h5,7,12,14-15,18H,3-4,6,8-11H2,1-2H3. The average molecular weight is 314 g/mol. The predicted molar refractivity (Wildman–Crippen MR) is 82.9 cm³/mol. The van der Waals surface area contributed by atoms with Crippen molar-refractivity contribution < 1.29 is 13.5 Å². The van der Waals surface area contributed by atoms with Crippen LogP contribution in [-0.2, 0) is 16.3 Å². The Morgan fingerprint density at radius 1 is 1.43 bits per heavy atom. The van der Waals surface area contributed by atoms with Gasteiger partial charge in [0.05, 0.1) is 29.3 Å². The molecule has 2 rings (SSSR count). The van der Waals surface area contributed by atoms with Crippen LogP contribution < -0.4 is 0 Å². The third-order valence-electron chi connectivity index (χ3n) is 4.36. The van der Waals surface area contributed by atoms with Gasteiger partial charge in [-0.05, 0) is 37.7 Å². The lowest BCUT2D eigenvalue weighted by Crippen LogP contribution is -2.18. The third kappa shape index (κ3) is 4.54. The van der Waals surface area contributed by atoms with Gasteiger partial charge in [-0.2, -0.15) is 5.10 Å². The summed E-state index contributed by atoms with van der Waals surface area (Å²) >= 11 is 0. The molecule has 1 N–H and O–H groups in total. The van der Waals surface area contributed by atoms with Gasteiger partial charge in [0, 0.05) is 12.6 Å². The minimum absolute atomic E-state index is 0.103. The van der Waals surface area contributed by atoms with Gasteiger partial charge in [-0.1, -0.05) is 13.8 Å². The highest BCUT2D eigenvalue weighted by molar-refractivity contribution is 7.91. The van der Waals surface area contributed by atoms with E-state index in [2.05, 4.69) is 18.9 Å². The molecule has 1 aromatic heterocycles. The van der Waals surface area contributed by atoms with Crippen LogP contribution in [0.25, 0.3) is 0 Å². The van der Waals surface area contributed by atoms with Crippen LogP contribution in [0, 0.1) is 5.92 Å². The Labute approximate surface area is 127 Å². The number of nitrogens with zero attached hydrogens (tertiary/aromatic N) is 2. The Balaban J connectivity index is 1.87. The van der Waals surface area contributed by atoms with Crippen LogP contribution in [0.3, 0.4) is 0 Å². The first-order valence-corrected chi connectivity index (χ1v) is 9.68. The predicted octanol–water partition coefficient (Wildman–Crippen LogP) is 1.97. The zero-order valence-corrected chi connectivity index (χ0v) is 13.7. The molecule has 120 valence electrons. The fraction of sp³-hybridized carbons (Fsp3) is 0.800. The van der Waals surface area contributed by atoms with E-state index in [1.807, 2.05) is 16.9 Å². The van der Waals surface area contributed by atoms with Crippen molar-refractivity contribution in [3.63, 3.8) is 0 Å². The molecule has 1 fully saturated rings. The first kappa shape index (κ1) is 16.5. The summed E-state index contributed by atoms with van der Waals surface area (Å²) < 4.78 is 24.8. The number of hydrogen-bond donors (Lipinski definition) is 1. The molecule has 21 heavy (non-hydrogen) atoms. The fourth-order valence-electron chi connectivity index (χ4n) is 3.12. The average Bonchev–Trinajstić information content (AvgIpc) is 2.98. The number of aliphatic hydroxyl groups excluding tert-OH is 1. The molecular weight excluding hydrogens is 288 g/mol. The lowest BCUT2D eigenvalue weighted by molar-refractivity contribution is 0.145. The largest absolute Gasteiger partial charge is 0.393 e. The van der Waals surface area contributed by atoms with Crippen molar-refractivity contribution >= 4 is 9.84 Å². The molecule has 0 radical (unpaired) electrons. The van der Waals surface area contributed by atoms with Crippen molar-refractivity contribution in [3.05, 3.63) is 18.0 Å². The SMILES string of the molecule is CCC(CC)n1ccc(CC(O)CC2CCS(=O)(=O)C2)n1. The molecule has 6 heteroatoms. The van der Waals surface area contributed by atoms with Crippen LogP contribution >= 0.6 is 0 Å². The zero-order chi connectivity index (χ0) is 15.5. The first-order chi connectivity index (χ1) is 9.93. The van der Waals surface area contributed by atoms with Crippen molar-refractivity contribution in [2.45, 2.75) is 58.1 Å². The first-order valence-electron chi connectivity index (χ1n) is 7.86. The van der Waals surface area contributed by atoms with Gasteiger partial charge < -0.3 is 5.11 Å². The molecule has 2 unspecified atom stereocenters. The van der Waals surface area contributed by atoms with Crippen molar-refractivity contribution in [2.24, 2.45) is 5.92 Å². The van der Waals surface area contributed by atoms with E-state index < -0.39 is 15.9 Å². The fourth-order valence-corrected chi connectivity index (χ4v) is 5.00. The maximum Gasteiger partial charge on any atom is 0.150 e. The van der Waals surface area contributed by atoms with Gasteiger partial charge in [0.1, 0.15) is 0 Å². The summed E-state index contributed by atoms with van der Waals surface area (Å²) in [5.74, 6) is 0.603. The Bertz CT molecular complexity index is 549. The number of sulfone groups is 1. The molecule has 0 aliphatic carbocycles. The molecule has 0 aromatic carbocycles. The molecule has 0 saturated carbocycles. The summed E-state index contributed by atoms with van der Waals surface area (Å²) in [6.07, 6.45) is 5.29. The summed E-state index contributed by atoms with van der Waals surface area (Å²) in [5, 5.41) is 14.7. The van der Waals surface area contributed by atoms with Crippen LogP contribution in [0.2, 0.25) is 0 Å². The van der Waals surface area contributed by atoms with Crippen molar-refractivity contribution in [1.29, 1.82) is 0 Å². The summed E-state index contributed by atoms with van der Waals surface area (Å²) in [6, 6.07) is 2.36. The van der Waals surface area contributed by atoms with Crippen LogP contribution in [0.4, 0.5) is 0 Å². The van der Waals surface area contributed by atoms with Crippen molar-refractivity contribution in [2.75, 3.05) is 11.5 Å². The molecule has 0 spiro atoms. The van der Waals surface area contributed by atoms with E-state index in [1.54, 1.807) is 0 Å². The second kappa shape index (κ2) is 6.92. The van der Waals surface area contributed by atoms with Gasteiger partial charge in [0.25, 0.3) is 0 Å². The molecule has 0 amide bonds. The summed E-state index contributed by atoms with van der Waals surface area (Å²) in [7, 11) is -2.86. The van der Waals surface area contributed by atoms with E-state index in [0.29, 0.717) is 25.3 Å². The molecule has 1 saturated heterocycles. The highest BCUT2D eigenvalue weighted by atomic mass is 32.2. The van der Waals surface area contributed by atoms with E-state index in [9.17, 15) is 13.5 Å². The Morgan fingerprint density at radius 2 is 2.14 bits per heavy atom. The molecular formula is C15H26N2O3S. The molecule has 1 aliphatic rings. The minimum Gasteiger partial charge on any atom is -0.393 e. The van der Waals surface area contributed by atoms with Gasteiger partial charge >= 0.3 is 0 Å². The summed E-state index contributed by atoms with van der Waals surface area (Å²) in [6.45, 7) is 4.29. The molecule has 2 heterocycles. The second-order valence-corrected chi connectivity index (χ2v) is 8.35. The van der Waals surface area contributed by atoms with Gasteiger partial charge in [0.2, 0.25) is 0 Å². The van der Waals surface area contributed by atoms with Crippen LogP contribution in [0.1, 0.15) is 51.3 Å². The number of rotatable bonds is 7. The van der Waals surface area contributed by atoms with Gasteiger partial charge in [0.15, 0.2) is 9.84 Å². The van der Waals surface area contributed by atoms with Crippen molar-refractivity contribution in [1.82, 2.24) is 9.78 Å². The van der Waals surface area contributed by atoms with E-state index in [1.165, 1.54) is 0 Å². The zero-order valence-electron chi connectivity index (χ0n) is 12.9. The number of aromatic nitrogens is 2. The monoisotopic (exact) mass is 314 g/mol. The van der Waals surface area contributed by atoms with E-state index in [-0.39, 0.29) is 17.4 Å². The quantitative estimate of drug-likeness (QED) is 0.835. The topological polar surface area (TPSA) is 72.2 Å². The number of hydrogen-bond acceptors (Lipinski definition) is 4. The summed E-state index contributed by atoms with van der Waals surface area (Å²) in [4.78, 5) is 0.